The van der Waals surface area contributed by atoms with Crippen LogP contribution in [0.15, 0.2) is 131 Å². The predicted octanol–water partition coefficient (Wildman–Crippen LogP) is 13.8. The zero-order valence-electron chi connectivity index (χ0n) is 23.3. The molecule has 4 heteroatoms. The van der Waals surface area contributed by atoms with E-state index in [0.29, 0.717) is 0 Å². The van der Waals surface area contributed by atoms with E-state index in [9.17, 15) is 0 Å². The molecule has 0 saturated heterocycles. The molecule has 44 heavy (non-hydrogen) atoms. The summed E-state index contributed by atoms with van der Waals surface area (Å²) in [5, 5.41) is 14.2. The maximum absolute atomic E-state index is 2.43. The highest BCUT2D eigenvalue weighted by Crippen LogP contribution is 2.56. The molecule has 2 aliphatic heterocycles. The Morgan fingerprint density at radius 2 is 0.841 bits per heavy atom. The van der Waals surface area contributed by atoms with E-state index < -0.39 is 0 Å². The lowest BCUT2D eigenvalue weighted by atomic mass is 9.87. The van der Waals surface area contributed by atoms with Crippen molar-refractivity contribution >= 4 is 85.7 Å². The minimum Gasteiger partial charge on any atom is -0.152 e. The average molecular weight is 631 g/mol. The average Bonchev–Trinajstić information content (AvgIpc) is 3.82. The lowest BCUT2D eigenvalue weighted by molar-refractivity contribution is 1.65. The second-order valence-corrected chi connectivity index (χ2v) is 15.0. The molecule has 8 aromatic rings. The summed E-state index contributed by atoms with van der Waals surface area (Å²) >= 11 is 7.40. The Morgan fingerprint density at radius 1 is 0.386 bits per heavy atom. The quantitative estimate of drug-likeness (QED) is 0.134. The van der Waals surface area contributed by atoms with Gasteiger partial charge < -0.3 is 0 Å². The molecule has 0 fully saturated rings. The van der Waals surface area contributed by atoms with Crippen LogP contribution in [0.2, 0.25) is 0 Å². The molecule has 2 aromatic heterocycles. The van der Waals surface area contributed by atoms with E-state index in [1.807, 2.05) is 22.7 Å². The second kappa shape index (κ2) is 9.59. The molecule has 10 rings (SSSR count). The third-order valence-electron chi connectivity index (χ3n) is 8.89. The van der Waals surface area contributed by atoms with Crippen LogP contribution in [-0.2, 0) is 0 Å². The third kappa shape index (κ3) is 3.66. The number of thiophene rings is 2. The monoisotopic (exact) mass is 630 g/mol. The van der Waals surface area contributed by atoms with Gasteiger partial charge >= 0.3 is 0 Å². The number of hydrogen-bond donors (Lipinski definition) is 0. The Balaban J connectivity index is 1.33. The van der Waals surface area contributed by atoms with E-state index in [1.165, 1.54) is 96.0 Å². The zero-order valence-corrected chi connectivity index (χ0v) is 26.6. The Morgan fingerprint density at radius 3 is 1.30 bits per heavy atom. The topological polar surface area (TPSA) is 0 Å². The van der Waals surface area contributed by atoms with Crippen LogP contribution in [0.5, 0.6) is 0 Å². The van der Waals surface area contributed by atoms with Crippen LogP contribution in [0.1, 0.15) is 0 Å². The van der Waals surface area contributed by atoms with E-state index in [1.54, 1.807) is 22.7 Å². The van der Waals surface area contributed by atoms with Crippen molar-refractivity contribution in [2.24, 2.45) is 0 Å². The number of rotatable bonds is 4. The fraction of sp³-hybridized carbons (Fsp3) is 0. The van der Waals surface area contributed by atoms with Crippen LogP contribution < -0.4 is 0 Å². The van der Waals surface area contributed by atoms with Gasteiger partial charge in [-0.2, -0.15) is 22.7 Å². The standard InChI is InChI=1S/C40H22S4/c1-5-23(29-13-15-41-21-29)17-25(7-1)31-19-27-9-3-12-34-35(27)37-38-36-28(10-4-11-33(36)43-39(31)37)20-32(40(38)44-34)26-8-2-6-24(18-26)30-14-16-42-22-30/h1-22H. The molecule has 0 bridgehead atoms. The maximum atomic E-state index is 2.43. The van der Waals surface area contributed by atoms with E-state index in [-0.39, 0.29) is 0 Å². The largest absolute Gasteiger partial charge is 0.152 e. The minimum atomic E-state index is 1.27. The van der Waals surface area contributed by atoms with Gasteiger partial charge in [0.2, 0.25) is 0 Å². The Labute approximate surface area is 270 Å². The molecule has 0 saturated carbocycles. The van der Waals surface area contributed by atoms with Crippen molar-refractivity contribution in [3.05, 3.63) is 131 Å². The minimum absolute atomic E-state index is 1.27. The van der Waals surface area contributed by atoms with Crippen molar-refractivity contribution in [1.29, 1.82) is 0 Å². The maximum Gasteiger partial charge on any atom is 0.0441 e. The van der Waals surface area contributed by atoms with Gasteiger partial charge in [-0.1, -0.05) is 60.7 Å². The van der Waals surface area contributed by atoms with E-state index in [0.717, 1.165) is 0 Å². The van der Waals surface area contributed by atoms with Gasteiger partial charge in [-0.3, -0.25) is 0 Å². The van der Waals surface area contributed by atoms with Gasteiger partial charge in [0.15, 0.2) is 0 Å². The van der Waals surface area contributed by atoms with Crippen LogP contribution in [0, 0.1) is 0 Å². The van der Waals surface area contributed by atoms with Crippen molar-refractivity contribution < 1.29 is 0 Å². The molecule has 0 spiro atoms. The first kappa shape index (κ1) is 25.1. The van der Waals surface area contributed by atoms with Crippen molar-refractivity contribution in [1.82, 2.24) is 0 Å². The zero-order chi connectivity index (χ0) is 28.8. The fourth-order valence-electron chi connectivity index (χ4n) is 6.91. The predicted molar refractivity (Wildman–Crippen MR) is 198 cm³/mol. The molecule has 6 aromatic carbocycles. The van der Waals surface area contributed by atoms with Gasteiger partial charge in [-0.15, -0.1) is 22.7 Å². The van der Waals surface area contributed by atoms with Crippen LogP contribution in [0.25, 0.3) is 96.0 Å². The smallest absolute Gasteiger partial charge is 0.0441 e. The van der Waals surface area contributed by atoms with Crippen molar-refractivity contribution in [3.8, 4) is 55.6 Å². The Kier molecular flexibility index (Phi) is 5.46. The number of hydrogen-bond acceptors (Lipinski definition) is 4. The summed E-state index contributed by atoms with van der Waals surface area (Å²) in [7, 11) is 0. The van der Waals surface area contributed by atoms with Gasteiger partial charge in [-0.05, 0) is 114 Å². The number of benzene rings is 6. The van der Waals surface area contributed by atoms with Gasteiger partial charge in [0, 0.05) is 51.8 Å². The molecule has 0 unspecified atom stereocenters. The fourth-order valence-corrected chi connectivity index (χ4v) is 10.8. The Bertz CT molecular complexity index is 2410. The SMILES string of the molecule is c1cc(-c2ccsc2)cc(-c2cc3cccc4sc5c(-c6cccc(-c7ccsc7)c6)cc6cccc7sc2c(c34)-c5c67)c1. The third-order valence-corrected chi connectivity index (χ3v) is 12.6. The molecule has 0 nitrogen and oxygen atoms in total. The molecule has 206 valence electrons. The van der Waals surface area contributed by atoms with Gasteiger partial charge in [0.05, 0.1) is 0 Å². The molecular weight excluding hydrogens is 609 g/mol. The summed E-state index contributed by atoms with van der Waals surface area (Å²) in [6, 6.07) is 41.2. The van der Waals surface area contributed by atoms with Crippen LogP contribution in [-0.4, -0.2) is 0 Å². The summed E-state index contributed by atoms with van der Waals surface area (Å²) < 4.78 is 5.44. The van der Waals surface area contributed by atoms with Crippen LogP contribution >= 0.6 is 45.3 Å². The first-order valence-corrected chi connectivity index (χ1v) is 18.1. The summed E-state index contributed by atoms with van der Waals surface area (Å²) in [6.07, 6.45) is 0. The molecule has 0 N–H and O–H groups in total. The molecule has 4 heterocycles. The van der Waals surface area contributed by atoms with Gasteiger partial charge in [0.1, 0.15) is 0 Å². The molecule has 0 atom stereocenters. The lowest BCUT2D eigenvalue weighted by Crippen LogP contribution is -1.96. The van der Waals surface area contributed by atoms with E-state index in [4.69, 9.17) is 0 Å². The normalized spacial score (nSPS) is 12.1. The second-order valence-electron chi connectivity index (χ2n) is 11.4. The van der Waals surface area contributed by atoms with Gasteiger partial charge in [-0.25, -0.2) is 0 Å². The highest BCUT2D eigenvalue weighted by atomic mass is 32.1. The molecule has 0 aliphatic carbocycles. The highest BCUT2D eigenvalue weighted by molar-refractivity contribution is 7.27. The summed E-state index contributed by atoms with van der Waals surface area (Å²) in [5.74, 6) is 0. The van der Waals surface area contributed by atoms with Crippen molar-refractivity contribution in [2.45, 2.75) is 0 Å². The van der Waals surface area contributed by atoms with Gasteiger partial charge in [0.25, 0.3) is 0 Å². The van der Waals surface area contributed by atoms with Crippen LogP contribution in [0.4, 0.5) is 0 Å². The summed E-state index contributed by atoms with van der Waals surface area (Å²) in [4.78, 5) is 0. The summed E-state index contributed by atoms with van der Waals surface area (Å²) in [5.41, 5.74) is 13.1. The highest BCUT2D eigenvalue weighted by Gasteiger charge is 2.26. The van der Waals surface area contributed by atoms with E-state index in [2.05, 4.69) is 131 Å². The molecule has 2 aliphatic rings. The first-order valence-electron chi connectivity index (χ1n) is 14.6. The van der Waals surface area contributed by atoms with Crippen LogP contribution in [0.3, 0.4) is 0 Å². The first-order chi connectivity index (χ1) is 21.8. The van der Waals surface area contributed by atoms with Crippen molar-refractivity contribution in [3.63, 3.8) is 0 Å². The summed E-state index contributed by atoms with van der Waals surface area (Å²) in [6.45, 7) is 0. The molecule has 0 radical (unpaired) electrons. The van der Waals surface area contributed by atoms with Crippen molar-refractivity contribution in [2.75, 3.05) is 0 Å². The molecular formula is C40H22S4. The van der Waals surface area contributed by atoms with E-state index >= 15 is 0 Å². The molecule has 0 amide bonds. The Hall–Kier alpha value is -4.32. The lowest BCUT2D eigenvalue weighted by Gasteiger charge is -2.24.